The molecule has 0 spiro atoms. The first-order chi connectivity index (χ1) is 17.7. The Morgan fingerprint density at radius 1 is 0.946 bits per heavy atom. The summed E-state index contributed by atoms with van der Waals surface area (Å²) in [5.74, 6) is 1.12. The Hall–Kier alpha value is -3.98. The van der Waals surface area contributed by atoms with E-state index < -0.39 is 16.4 Å². The van der Waals surface area contributed by atoms with Crippen molar-refractivity contribution in [2.45, 2.75) is 44.1 Å². The van der Waals surface area contributed by atoms with Gasteiger partial charge in [0.2, 0.25) is 5.91 Å². The molecule has 1 aromatic heterocycles. The van der Waals surface area contributed by atoms with Gasteiger partial charge in [0.25, 0.3) is 5.69 Å². The lowest BCUT2D eigenvalue weighted by molar-refractivity contribution is -0.384. The van der Waals surface area contributed by atoms with E-state index in [2.05, 4.69) is 15.5 Å². The largest absolute Gasteiger partial charge is 0.345 e. The van der Waals surface area contributed by atoms with Gasteiger partial charge in [0.1, 0.15) is 0 Å². The number of carbonyl (C=O) groups excluding carboxylic acids is 1. The van der Waals surface area contributed by atoms with E-state index in [1.54, 1.807) is 12.1 Å². The normalized spacial score (nSPS) is 12.2. The van der Waals surface area contributed by atoms with Crippen molar-refractivity contribution in [1.82, 2.24) is 20.1 Å². The van der Waals surface area contributed by atoms with Crippen LogP contribution < -0.4 is 5.32 Å². The quantitative estimate of drug-likeness (QED) is 0.169. The monoisotopic (exact) mass is 515 g/mol. The number of nitrogens with zero attached hydrogens (tertiary/aromatic N) is 4. The van der Waals surface area contributed by atoms with Crippen LogP contribution in [-0.4, -0.2) is 25.6 Å². The number of nitrogens with one attached hydrogen (secondary N) is 1. The highest BCUT2D eigenvalue weighted by Gasteiger charge is 2.29. The number of amides is 1. The molecule has 0 aliphatic carbocycles. The minimum atomic E-state index is -0.599. The third-order valence-corrected chi connectivity index (χ3v) is 6.77. The number of nitro benzene ring substituents is 1. The standard InChI is InChI=1S/C28H29N5O3S/c1-28(2,3)26(34)29-24(18-20-10-6-4-7-11-20)25-30-31-27(37-19-21-12-8-5-9-13-21)32(25)22-14-16-23(17-15-22)33(35)36/h4-17,24H,18-19H2,1-3H3,(H,29,34). The van der Waals surface area contributed by atoms with Crippen LogP contribution in [0.1, 0.15) is 43.8 Å². The van der Waals surface area contributed by atoms with Crippen molar-refractivity contribution in [3.8, 4) is 5.69 Å². The Balaban J connectivity index is 1.77. The fourth-order valence-electron chi connectivity index (χ4n) is 3.72. The number of hydrogen-bond acceptors (Lipinski definition) is 6. The zero-order chi connectivity index (χ0) is 26.4. The predicted octanol–water partition coefficient (Wildman–Crippen LogP) is 5.91. The molecular formula is C28H29N5O3S. The fraction of sp³-hybridized carbons (Fsp3) is 0.250. The third-order valence-electron chi connectivity index (χ3n) is 5.77. The summed E-state index contributed by atoms with van der Waals surface area (Å²) in [6.45, 7) is 5.60. The fourth-order valence-corrected chi connectivity index (χ4v) is 4.63. The average molecular weight is 516 g/mol. The predicted molar refractivity (Wildman–Crippen MR) is 145 cm³/mol. The number of non-ortho nitro benzene ring substituents is 1. The van der Waals surface area contributed by atoms with Crippen molar-refractivity contribution in [3.63, 3.8) is 0 Å². The zero-order valence-corrected chi connectivity index (χ0v) is 21.8. The molecule has 0 saturated carbocycles. The van der Waals surface area contributed by atoms with Crippen LogP contribution >= 0.6 is 11.8 Å². The second kappa shape index (κ2) is 11.4. The van der Waals surface area contributed by atoms with Crippen LogP contribution in [0.5, 0.6) is 0 Å². The molecule has 1 heterocycles. The molecule has 9 heteroatoms. The first-order valence-electron chi connectivity index (χ1n) is 11.9. The topological polar surface area (TPSA) is 103 Å². The van der Waals surface area contributed by atoms with Crippen molar-refractivity contribution in [3.05, 3.63) is 112 Å². The molecule has 0 aliphatic heterocycles. The second-order valence-electron chi connectivity index (χ2n) is 9.69. The van der Waals surface area contributed by atoms with Crippen molar-refractivity contribution >= 4 is 23.4 Å². The van der Waals surface area contributed by atoms with Gasteiger partial charge in [-0.3, -0.25) is 19.5 Å². The molecule has 0 saturated heterocycles. The summed E-state index contributed by atoms with van der Waals surface area (Å²) in [5.41, 5.74) is 2.26. The zero-order valence-electron chi connectivity index (χ0n) is 21.0. The lowest BCUT2D eigenvalue weighted by atomic mass is 9.94. The van der Waals surface area contributed by atoms with E-state index in [9.17, 15) is 14.9 Å². The number of carbonyl (C=O) groups is 1. The molecular weight excluding hydrogens is 486 g/mol. The molecule has 1 amide bonds. The van der Waals surface area contributed by atoms with Crippen LogP contribution in [0.25, 0.3) is 5.69 Å². The lowest BCUT2D eigenvalue weighted by Crippen LogP contribution is -2.39. The summed E-state index contributed by atoms with van der Waals surface area (Å²) in [6.07, 6.45) is 0.511. The van der Waals surface area contributed by atoms with E-state index in [1.807, 2.05) is 86.0 Å². The minimum Gasteiger partial charge on any atom is -0.345 e. The molecule has 1 unspecified atom stereocenters. The summed E-state index contributed by atoms with van der Waals surface area (Å²) >= 11 is 1.52. The average Bonchev–Trinajstić information content (AvgIpc) is 3.31. The molecule has 8 nitrogen and oxygen atoms in total. The molecule has 0 radical (unpaired) electrons. The summed E-state index contributed by atoms with van der Waals surface area (Å²) in [7, 11) is 0. The summed E-state index contributed by atoms with van der Waals surface area (Å²) < 4.78 is 1.88. The van der Waals surface area contributed by atoms with Gasteiger partial charge in [-0.1, -0.05) is 93.2 Å². The van der Waals surface area contributed by atoms with Gasteiger partial charge >= 0.3 is 0 Å². The molecule has 4 aromatic rings. The van der Waals surface area contributed by atoms with Crippen molar-refractivity contribution in [2.75, 3.05) is 0 Å². The van der Waals surface area contributed by atoms with Crippen LogP contribution in [0.3, 0.4) is 0 Å². The number of benzene rings is 3. The number of nitro groups is 1. The van der Waals surface area contributed by atoms with Crippen LogP contribution in [0.4, 0.5) is 5.69 Å². The maximum atomic E-state index is 13.1. The highest BCUT2D eigenvalue weighted by atomic mass is 32.2. The van der Waals surface area contributed by atoms with E-state index in [4.69, 9.17) is 0 Å². The number of aromatic nitrogens is 3. The summed E-state index contributed by atoms with van der Waals surface area (Å²) in [5, 5.41) is 24.1. The van der Waals surface area contributed by atoms with E-state index in [0.29, 0.717) is 28.8 Å². The number of rotatable bonds is 9. The Bertz CT molecular complexity index is 1350. The van der Waals surface area contributed by atoms with Gasteiger partial charge in [-0.05, 0) is 29.7 Å². The van der Waals surface area contributed by atoms with Gasteiger partial charge in [0.05, 0.1) is 11.0 Å². The smallest absolute Gasteiger partial charge is 0.269 e. The van der Waals surface area contributed by atoms with E-state index in [1.165, 1.54) is 23.9 Å². The van der Waals surface area contributed by atoms with Gasteiger partial charge in [0, 0.05) is 29.0 Å². The number of hydrogen-bond donors (Lipinski definition) is 1. The minimum absolute atomic E-state index is 0.00117. The van der Waals surface area contributed by atoms with Gasteiger partial charge in [-0.25, -0.2) is 0 Å². The Morgan fingerprint density at radius 3 is 2.11 bits per heavy atom. The summed E-state index contributed by atoms with van der Waals surface area (Å²) in [4.78, 5) is 23.9. The molecule has 0 fully saturated rings. The first kappa shape index (κ1) is 26.1. The van der Waals surface area contributed by atoms with Gasteiger partial charge < -0.3 is 5.32 Å². The van der Waals surface area contributed by atoms with Gasteiger partial charge in [0.15, 0.2) is 11.0 Å². The molecule has 0 bridgehead atoms. The maximum Gasteiger partial charge on any atom is 0.269 e. The van der Waals surface area contributed by atoms with Crippen LogP contribution in [0.15, 0.2) is 90.1 Å². The van der Waals surface area contributed by atoms with Crippen molar-refractivity contribution < 1.29 is 9.72 Å². The highest BCUT2D eigenvalue weighted by Crippen LogP contribution is 2.30. The van der Waals surface area contributed by atoms with E-state index in [-0.39, 0.29) is 11.6 Å². The maximum absolute atomic E-state index is 13.1. The van der Waals surface area contributed by atoms with E-state index >= 15 is 0 Å². The molecule has 4 rings (SSSR count). The SMILES string of the molecule is CC(C)(C)C(=O)NC(Cc1ccccc1)c1nnc(SCc2ccccc2)n1-c1ccc([N+](=O)[O-])cc1. The summed E-state index contributed by atoms with van der Waals surface area (Å²) in [6, 6.07) is 25.7. The molecule has 37 heavy (non-hydrogen) atoms. The second-order valence-corrected chi connectivity index (χ2v) is 10.6. The van der Waals surface area contributed by atoms with Crippen molar-refractivity contribution in [1.29, 1.82) is 0 Å². The van der Waals surface area contributed by atoms with Crippen LogP contribution in [0.2, 0.25) is 0 Å². The molecule has 3 aromatic carbocycles. The van der Waals surface area contributed by atoms with Crippen LogP contribution in [0, 0.1) is 15.5 Å². The Labute approximate surface area is 220 Å². The lowest BCUT2D eigenvalue weighted by Gasteiger charge is -2.25. The molecule has 0 aliphatic rings. The highest BCUT2D eigenvalue weighted by molar-refractivity contribution is 7.98. The van der Waals surface area contributed by atoms with Crippen LogP contribution in [-0.2, 0) is 17.0 Å². The van der Waals surface area contributed by atoms with Gasteiger partial charge in [-0.2, -0.15) is 0 Å². The molecule has 1 N–H and O–H groups in total. The first-order valence-corrected chi connectivity index (χ1v) is 12.9. The molecule has 1 atom stereocenters. The van der Waals surface area contributed by atoms with E-state index in [0.717, 1.165) is 11.1 Å². The van der Waals surface area contributed by atoms with Crippen molar-refractivity contribution in [2.24, 2.45) is 5.41 Å². The van der Waals surface area contributed by atoms with Gasteiger partial charge in [-0.15, -0.1) is 10.2 Å². The third kappa shape index (κ3) is 6.62. The number of thioether (sulfide) groups is 1. The Kier molecular flexibility index (Phi) is 8.03. The Morgan fingerprint density at radius 2 is 1.54 bits per heavy atom. The molecule has 190 valence electrons.